The summed E-state index contributed by atoms with van der Waals surface area (Å²) in [7, 11) is 0. The van der Waals surface area contributed by atoms with E-state index in [1.165, 1.54) is 0 Å². The van der Waals surface area contributed by atoms with Gasteiger partial charge in [-0.3, -0.25) is 0 Å². The molecule has 2 rings (SSSR count). The number of aromatic carboxylic acids is 1. The summed E-state index contributed by atoms with van der Waals surface area (Å²) >= 11 is 0. The Kier molecular flexibility index (Phi) is 3.19. The number of oxazole rings is 1. The fourth-order valence-electron chi connectivity index (χ4n) is 2.02. The van der Waals surface area contributed by atoms with Gasteiger partial charge >= 0.3 is 5.97 Å². The Balaban J connectivity index is 2.62. The van der Waals surface area contributed by atoms with Crippen LogP contribution in [-0.4, -0.2) is 16.1 Å². The van der Waals surface area contributed by atoms with Gasteiger partial charge in [-0.15, -0.1) is 0 Å². The summed E-state index contributed by atoms with van der Waals surface area (Å²) in [6, 6.07) is 5.87. The van der Waals surface area contributed by atoms with Gasteiger partial charge in [-0.25, -0.2) is 9.78 Å². The van der Waals surface area contributed by atoms with Crippen molar-refractivity contribution in [3.05, 3.63) is 40.8 Å². The summed E-state index contributed by atoms with van der Waals surface area (Å²) in [4.78, 5) is 15.4. The van der Waals surface area contributed by atoms with Gasteiger partial charge in [-0.1, -0.05) is 25.1 Å². The van der Waals surface area contributed by atoms with Gasteiger partial charge in [-0.2, -0.15) is 0 Å². The van der Waals surface area contributed by atoms with Crippen LogP contribution >= 0.6 is 0 Å². The van der Waals surface area contributed by atoms with E-state index in [9.17, 15) is 4.79 Å². The van der Waals surface area contributed by atoms with E-state index >= 15 is 0 Å². The van der Waals surface area contributed by atoms with E-state index in [1.807, 2.05) is 39.0 Å². The average Bonchev–Trinajstić information content (AvgIpc) is 2.73. The fraction of sp³-hybridized carbons (Fsp3) is 0.286. The van der Waals surface area contributed by atoms with Crippen molar-refractivity contribution < 1.29 is 14.3 Å². The van der Waals surface area contributed by atoms with Crippen molar-refractivity contribution in [2.75, 3.05) is 0 Å². The minimum atomic E-state index is -1.07. The van der Waals surface area contributed by atoms with Crippen LogP contribution < -0.4 is 0 Å². The third-order valence-electron chi connectivity index (χ3n) is 2.92. The molecular formula is C14H15NO3. The van der Waals surface area contributed by atoms with E-state index < -0.39 is 5.97 Å². The molecule has 0 aliphatic carbocycles. The normalized spacial score (nSPS) is 10.6. The van der Waals surface area contributed by atoms with Crippen LogP contribution in [-0.2, 0) is 6.42 Å². The lowest BCUT2D eigenvalue weighted by Gasteiger charge is -2.04. The molecule has 0 atom stereocenters. The molecule has 0 spiro atoms. The lowest BCUT2D eigenvalue weighted by atomic mass is 10.0. The van der Waals surface area contributed by atoms with Crippen molar-refractivity contribution in [3.63, 3.8) is 0 Å². The van der Waals surface area contributed by atoms with E-state index in [1.54, 1.807) is 0 Å². The quantitative estimate of drug-likeness (QED) is 0.901. The van der Waals surface area contributed by atoms with Crippen molar-refractivity contribution in [3.8, 4) is 11.5 Å². The molecule has 0 saturated carbocycles. The number of hydrogen-bond acceptors (Lipinski definition) is 3. The molecular weight excluding hydrogens is 230 g/mol. The number of benzene rings is 1. The molecule has 18 heavy (non-hydrogen) atoms. The number of carboxylic acid groups (broad SMARTS) is 1. The highest BCUT2D eigenvalue weighted by atomic mass is 16.4. The first kappa shape index (κ1) is 12.4. The number of hydrogen-bond donors (Lipinski definition) is 1. The first-order valence-electron chi connectivity index (χ1n) is 5.84. The summed E-state index contributed by atoms with van der Waals surface area (Å²) in [6.07, 6.45) is 0.538. The summed E-state index contributed by atoms with van der Waals surface area (Å²) in [5.41, 5.74) is 3.41. The van der Waals surface area contributed by atoms with Crippen molar-refractivity contribution in [1.82, 2.24) is 4.98 Å². The molecule has 1 aromatic heterocycles. The van der Waals surface area contributed by atoms with Gasteiger partial charge in [0, 0.05) is 5.56 Å². The molecule has 0 radical (unpaired) electrons. The van der Waals surface area contributed by atoms with E-state index in [0.717, 1.165) is 16.7 Å². The Morgan fingerprint density at radius 1 is 1.33 bits per heavy atom. The minimum Gasteiger partial charge on any atom is -0.475 e. The predicted octanol–water partition coefficient (Wildman–Crippen LogP) is 3.22. The van der Waals surface area contributed by atoms with E-state index in [2.05, 4.69) is 4.98 Å². The van der Waals surface area contributed by atoms with Crippen LogP contribution in [0.4, 0.5) is 0 Å². The van der Waals surface area contributed by atoms with Gasteiger partial charge in [0.1, 0.15) is 0 Å². The molecule has 0 fully saturated rings. The van der Waals surface area contributed by atoms with Crippen LogP contribution in [0.15, 0.2) is 22.6 Å². The molecule has 0 bridgehead atoms. The maximum absolute atomic E-state index is 11.1. The van der Waals surface area contributed by atoms with Gasteiger partial charge in [0.15, 0.2) is 0 Å². The molecule has 0 saturated heterocycles. The third-order valence-corrected chi connectivity index (χ3v) is 2.92. The zero-order chi connectivity index (χ0) is 13.3. The van der Waals surface area contributed by atoms with Crippen molar-refractivity contribution in [2.45, 2.75) is 27.2 Å². The minimum absolute atomic E-state index is 0.0600. The number of aromatic nitrogens is 1. The smallest absolute Gasteiger partial charge is 0.373 e. The maximum atomic E-state index is 11.1. The summed E-state index contributed by atoms with van der Waals surface area (Å²) in [6.45, 7) is 5.77. The van der Waals surface area contributed by atoms with Crippen LogP contribution in [0.3, 0.4) is 0 Å². The SMILES string of the molecule is CCc1nc(-c2c(C)cccc2C)oc1C(=O)O. The highest BCUT2D eigenvalue weighted by molar-refractivity contribution is 5.86. The van der Waals surface area contributed by atoms with E-state index in [0.29, 0.717) is 18.0 Å². The van der Waals surface area contributed by atoms with Gasteiger partial charge in [0.25, 0.3) is 0 Å². The summed E-state index contributed by atoms with van der Waals surface area (Å²) in [5, 5.41) is 9.06. The van der Waals surface area contributed by atoms with Crippen LogP contribution in [0.25, 0.3) is 11.5 Å². The number of carboxylic acids is 1. The Hall–Kier alpha value is -2.10. The number of nitrogens with zero attached hydrogens (tertiary/aromatic N) is 1. The second kappa shape index (κ2) is 4.64. The van der Waals surface area contributed by atoms with Crippen molar-refractivity contribution >= 4 is 5.97 Å². The highest BCUT2D eigenvalue weighted by Crippen LogP contribution is 2.28. The standard InChI is InChI=1S/C14H15NO3/c1-4-10-12(14(16)17)18-13(15-10)11-8(2)6-5-7-9(11)3/h5-7H,4H2,1-3H3,(H,16,17). The molecule has 0 amide bonds. The Morgan fingerprint density at radius 3 is 2.39 bits per heavy atom. The van der Waals surface area contributed by atoms with Crippen LogP contribution in [0, 0.1) is 13.8 Å². The van der Waals surface area contributed by atoms with Crippen molar-refractivity contribution in [2.24, 2.45) is 0 Å². The second-order valence-corrected chi connectivity index (χ2v) is 4.22. The zero-order valence-corrected chi connectivity index (χ0v) is 10.7. The van der Waals surface area contributed by atoms with Gasteiger partial charge < -0.3 is 9.52 Å². The van der Waals surface area contributed by atoms with Gasteiger partial charge in [-0.05, 0) is 31.4 Å². The molecule has 94 valence electrons. The molecule has 0 aliphatic rings. The predicted molar refractivity (Wildman–Crippen MR) is 67.8 cm³/mol. The van der Waals surface area contributed by atoms with Crippen LogP contribution in [0.2, 0.25) is 0 Å². The summed E-state index contributed by atoms with van der Waals surface area (Å²) in [5.74, 6) is -0.744. The number of carbonyl (C=O) groups is 1. The van der Waals surface area contributed by atoms with Gasteiger partial charge in [0.2, 0.25) is 11.7 Å². The first-order chi connectivity index (χ1) is 8.54. The zero-order valence-electron chi connectivity index (χ0n) is 10.7. The van der Waals surface area contributed by atoms with E-state index in [4.69, 9.17) is 9.52 Å². The fourth-order valence-corrected chi connectivity index (χ4v) is 2.02. The molecule has 1 heterocycles. The van der Waals surface area contributed by atoms with E-state index in [-0.39, 0.29) is 5.76 Å². The molecule has 4 heteroatoms. The number of aryl methyl sites for hydroxylation is 3. The van der Waals surface area contributed by atoms with Crippen molar-refractivity contribution in [1.29, 1.82) is 0 Å². The Labute approximate surface area is 105 Å². The average molecular weight is 245 g/mol. The topological polar surface area (TPSA) is 63.3 Å². The lowest BCUT2D eigenvalue weighted by Crippen LogP contribution is -1.98. The molecule has 1 aromatic carbocycles. The van der Waals surface area contributed by atoms with Crippen LogP contribution in [0.1, 0.15) is 34.3 Å². The Bertz CT molecular complexity index is 579. The molecule has 2 aromatic rings. The third kappa shape index (κ3) is 2.01. The van der Waals surface area contributed by atoms with Crippen LogP contribution in [0.5, 0.6) is 0 Å². The summed E-state index contributed by atoms with van der Waals surface area (Å²) < 4.78 is 5.40. The lowest BCUT2D eigenvalue weighted by molar-refractivity contribution is 0.0662. The molecule has 4 nitrogen and oxygen atoms in total. The molecule has 1 N–H and O–H groups in total. The highest BCUT2D eigenvalue weighted by Gasteiger charge is 2.20. The molecule has 0 unspecified atom stereocenters. The second-order valence-electron chi connectivity index (χ2n) is 4.22. The largest absolute Gasteiger partial charge is 0.475 e. The maximum Gasteiger partial charge on any atom is 0.373 e. The number of rotatable bonds is 3. The first-order valence-corrected chi connectivity index (χ1v) is 5.84. The Morgan fingerprint density at radius 2 is 1.94 bits per heavy atom. The molecule has 0 aliphatic heterocycles. The monoisotopic (exact) mass is 245 g/mol. The van der Waals surface area contributed by atoms with Gasteiger partial charge in [0.05, 0.1) is 5.69 Å².